The third-order valence-electron chi connectivity index (χ3n) is 1.58. The number of hydrogen-bond acceptors (Lipinski definition) is 3. The number of amides is 1. The molecule has 0 aliphatic rings. The van der Waals surface area contributed by atoms with E-state index in [0.717, 1.165) is 6.54 Å². The van der Waals surface area contributed by atoms with E-state index in [9.17, 15) is 9.59 Å². The van der Waals surface area contributed by atoms with Gasteiger partial charge in [0.15, 0.2) is 0 Å². The standard InChI is InChI=1S/C8H16N2O3/c1-6(8(12)13)10-7(11)4-3-5-9-2/h6,9H,3-5H2,1-2H3,(H,10,11)(H,12,13). The second kappa shape index (κ2) is 6.42. The van der Waals surface area contributed by atoms with Crippen LogP contribution < -0.4 is 10.6 Å². The summed E-state index contributed by atoms with van der Waals surface area (Å²) in [7, 11) is 1.80. The van der Waals surface area contributed by atoms with Crippen molar-refractivity contribution in [2.45, 2.75) is 25.8 Å². The van der Waals surface area contributed by atoms with E-state index in [-0.39, 0.29) is 5.91 Å². The average molecular weight is 188 g/mol. The van der Waals surface area contributed by atoms with Crippen LogP contribution >= 0.6 is 0 Å². The number of nitrogens with one attached hydrogen (secondary N) is 2. The van der Waals surface area contributed by atoms with Gasteiger partial charge in [-0.05, 0) is 26.9 Å². The third-order valence-corrected chi connectivity index (χ3v) is 1.58. The Balaban J connectivity index is 3.56. The van der Waals surface area contributed by atoms with E-state index >= 15 is 0 Å². The number of hydrogen-bond donors (Lipinski definition) is 3. The van der Waals surface area contributed by atoms with Crippen LogP contribution in [0.1, 0.15) is 19.8 Å². The van der Waals surface area contributed by atoms with Gasteiger partial charge in [0.1, 0.15) is 6.04 Å². The van der Waals surface area contributed by atoms with E-state index in [1.54, 1.807) is 7.05 Å². The maximum Gasteiger partial charge on any atom is 0.325 e. The zero-order chi connectivity index (χ0) is 10.3. The fourth-order valence-electron chi connectivity index (χ4n) is 0.801. The molecule has 13 heavy (non-hydrogen) atoms. The molecular weight excluding hydrogens is 172 g/mol. The predicted molar refractivity (Wildman–Crippen MR) is 48.4 cm³/mol. The quantitative estimate of drug-likeness (QED) is 0.494. The van der Waals surface area contributed by atoms with E-state index in [1.165, 1.54) is 6.92 Å². The molecule has 0 heterocycles. The molecule has 0 bridgehead atoms. The van der Waals surface area contributed by atoms with Crippen LogP contribution in [0, 0.1) is 0 Å². The summed E-state index contributed by atoms with van der Waals surface area (Å²) in [5.74, 6) is -1.23. The number of carbonyl (C=O) groups is 2. The van der Waals surface area contributed by atoms with Crippen LogP contribution in [-0.4, -0.2) is 36.6 Å². The Morgan fingerprint density at radius 2 is 2.08 bits per heavy atom. The van der Waals surface area contributed by atoms with Crippen molar-refractivity contribution in [3.63, 3.8) is 0 Å². The fourth-order valence-corrected chi connectivity index (χ4v) is 0.801. The van der Waals surface area contributed by atoms with Crippen molar-refractivity contribution in [2.75, 3.05) is 13.6 Å². The van der Waals surface area contributed by atoms with Gasteiger partial charge in [0.25, 0.3) is 0 Å². The molecule has 5 nitrogen and oxygen atoms in total. The van der Waals surface area contributed by atoms with Gasteiger partial charge in [-0.15, -0.1) is 0 Å². The van der Waals surface area contributed by atoms with Crippen LogP contribution in [-0.2, 0) is 9.59 Å². The van der Waals surface area contributed by atoms with Crippen LogP contribution in [0.3, 0.4) is 0 Å². The van der Waals surface area contributed by atoms with Gasteiger partial charge < -0.3 is 15.7 Å². The highest BCUT2D eigenvalue weighted by atomic mass is 16.4. The molecule has 0 fully saturated rings. The van der Waals surface area contributed by atoms with Crippen LogP contribution in [0.2, 0.25) is 0 Å². The highest BCUT2D eigenvalue weighted by molar-refractivity contribution is 5.83. The molecule has 0 aliphatic carbocycles. The molecule has 3 N–H and O–H groups in total. The van der Waals surface area contributed by atoms with Crippen LogP contribution in [0.4, 0.5) is 0 Å². The summed E-state index contributed by atoms with van der Waals surface area (Å²) < 4.78 is 0. The first-order valence-electron chi connectivity index (χ1n) is 4.24. The van der Waals surface area contributed by atoms with Crippen molar-refractivity contribution in [2.24, 2.45) is 0 Å². The summed E-state index contributed by atoms with van der Waals surface area (Å²) >= 11 is 0. The average Bonchev–Trinajstić information content (AvgIpc) is 2.04. The highest BCUT2D eigenvalue weighted by Crippen LogP contribution is 1.89. The normalized spacial score (nSPS) is 12.2. The lowest BCUT2D eigenvalue weighted by atomic mass is 10.2. The summed E-state index contributed by atoms with van der Waals surface area (Å²) in [5.41, 5.74) is 0. The first-order chi connectivity index (χ1) is 6.07. The molecule has 0 spiro atoms. The van der Waals surface area contributed by atoms with E-state index in [2.05, 4.69) is 10.6 Å². The largest absolute Gasteiger partial charge is 0.480 e. The van der Waals surface area contributed by atoms with Gasteiger partial charge in [-0.3, -0.25) is 9.59 Å². The Morgan fingerprint density at radius 3 is 2.54 bits per heavy atom. The molecule has 0 aromatic rings. The van der Waals surface area contributed by atoms with E-state index in [1.807, 2.05) is 0 Å². The van der Waals surface area contributed by atoms with Crippen LogP contribution in [0.25, 0.3) is 0 Å². The van der Waals surface area contributed by atoms with E-state index in [0.29, 0.717) is 12.8 Å². The van der Waals surface area contributed by atoms with Crippen molar-refractivity contribution in [3.05, 3.63) is 0 Å². The molecule has 0 radical (unpaired) electrons. The lowest BCUT2D eigenvalue weighted by Crippen LogP contribution is -2.38. The lowest BCUT2D eigenvalue weighted by Gasteiger charge is -2.08. The second-order valence-electron chi connectivity index (χ2n) is 2.83. The maximum absolute atomic E-state index is 11.0. The van der Waals surface area contributed by atoms with Gasteiger partial charge in [0.2, 0.25) is 5.91 Å². The van der Waals surface area contributed by atoms with Crippen LogP contribution in [0.15, 0.2) is 0 Å². The van der Waals surface area contributed by atoms with Crippen LogP contribution in [0.5, 0.6) is 0 Å². The minimum absolute atomic E-state index is 0.217. The number of aliphatic carboxylic acids is 1. The smallest absolute Gasteiger partial charge is 0.325 e. The molecule has 0 rings (SSSR count). The molecular formula is C8H16N2O3. The molecule has 76 valence electrons. The van der Waals surface area contributed by atoms with Crippen molar-refractivity contribution < 1.29 is 14.7 Å². The van der Waals surface area contributed by atoms with Crippen molar-refractivity contribution in [1.82, 2.24) is 10.6 Å². The highest BCUT2D eigenvalue weighted by Gasteiger charge is 2.12. The van der Waals surface area contributed by atoms with Crippen molar-refractivity contribution in [3.8, 4) is 0 Å². The van der Waals surface area contributed by atoms with Gasteiger partial charge in [0.05, 0.1) is 0 Å². The Hall–Kier alpha value is -1.10. The Kier molecular flexibility index (Phi) is 5.88. The zero-order valence-electron chi connectivity index (χ0n) is 7.96. The van der Waals surface area contributed by atoms with Crippen molar-refractivity contribution >= 4 is 11.9 Å². The number of carboxylic acid groups (broad SMARTS) is 1. The topological polar surface area (TPSA) is 78.4 Å². The lowest BCUT2D eigenvalue weighted by molar-refractivity contribution is -0.141. The van der Waals surface area contributed by atoms with Gasteiger partial charge in [-0.2, -0.15) is 0 Å². The Morgan fingerprint density at radius 1 is 1.46 bits per heavy atom. The summed E-state index contributed by atoms with van der Waals surface area (Å²) in [6, 6.07) is -0.804. The van der Waals surface area contributed by atoms with Gasteiger partial charge in [0, 0.05) is 6.42 Å². The fraction of sp³-hybridized carbons (Fsp3) is 0.750. The van der Waals surface area contributed by atoms with Crippen molar-refractivity contribution in [1.29, 1.82) is 0 Å². The molecule has 0 aliphatic heterocycles. The molecule has 1 unspecified atom stereocenters. The monoisotopic (exact) mass is 188 g/mol. The van der Waals surface area contributed by atoms with Gasteiger partial charge >= 0.3 is 5.97 Å². The zero-order valence-corrected chi connectivity index (χ0v) is 7.96. The van der Waals surface area contributed by atoms with E-state index < -0.39 is 12.0 Å². The summed E-state index contributed by atoms with van der Waals surface area (Å²) in [4.78, 5) is 21.4. The molecule has 0 saturated carbocycles. The maximum atomic E-state index is 11.0. The first-order valence-corrected chi connectivity index (χ1v) is 4.24. The summed E-state index contributed by atoms with van der Waals surface area (Å²) in [6.07, 6.45) is 1.08. The second-order valence-corrected chi connectivity index (χ2v) is 2.83. The SMILES string of the molecule is CNCCCC(=O)NC(C)C(=O)O. The molecule has 1 amide bonds. The number of carbonyl (C=O) groups excluding carboxylic acids is 1. The minimum atomic E-state index is -1.01. The predicted octanol–water partition coefficient (Wildman–Crippen LogP) is -0.425. The Bertz CT molecular complexity index is 182. The summed E-state index contributed by atoms with van der Waals surface area (Å²) in [5, 5.41) is 13.8. The molecule has 0 saturated heterocycles. The summed E-state index contributed by atoms with van der Waals surface area (Å²) in [6.45, 7) is 2.20. The van der Waals surface area contributed by atoms with E-state index in [4.69, 9.17) is 5.11 Å². The van der Waals surface area contributed by atoms with Gasteiger partial charge in [-0.1, -0.05) is 0 Å². The third kappa shape index (κ3) is 6.10. The number of rotatable bonds is 6. The molecule has 0 aromatic carbocycles. The molecule has 0 aromatic heterocycles. The van der Waals surface area contributed by atoms with Gasteiger partial charge in [-0.25, -0.2) is 0 Å². The molecule has 1 atom stereocenters. The molecule has 5 heteroatoms. The minimum Gasteiger partial charge on any atom is -0.480 e. The number of carboxylic acids is 1. The Labute approximate surface area is 77.5 Å². The first kappa shape index (κ1) is 11.9.